The lowest BCUT2D eigenvalue weighted by Crippen LogP contribution is -1.80. The van der Waals surface area contributed by atoms with E-state index in [9.17, 15) is 0 Å². The minimum absolute atomic E-state index is 0.181. The minimum Gasteiger partial charge on any atom is -0.193 e. The van der Waals surface area contributed by atoms with E-state index in [0.717, 1.165) is 6.08 Å². The van der Waals surface area contributed by atoms with Gasteiger partial charge in [-0.1, -0.05) is 12.1 Å². The van der Waals surface area contributed by atoms with Gasteiger partial charge in [-0.25, -0.2) is 0 Å². The van der Waals surface area contributed by atoms with Crippen LogP contribution in [0.25, 0.3) is 10.5 Å². The van der Waals surface area contributed by atoms with Crippen molar-refractivity contribution in [2.75, 3.05) is 0 Å². The van der Waals surface area contributed by atoms with Gasteiger partial charge in [0.05, 0.1) is 17.2 Å². The standard InChI is InChI=1S/C10H5N4/c11-6-5-8(7-12)9-3-1-2-4-10(9)14-13/h1-5H/q+1. The van der Waals surface area contributed by atoms with Crippen molar-refractivity contribution in [2.45, 2.75) is 0 Å². The molecule has 0 radical (unpaired) electrons. The first-order valence-corrected chi connectivity index (χ1v) is 3.78. The van der Waals surface area contributed by atoms with Crippen molar-refractivity contribution >= 4 is 11.3 Å². The predicted octanol–water partition coefficient (Wildman–Crippen LogP) is 2.60. The van der Waals surface area contributed by atoms with Crippen LogP contribution in [0.1, 0.15) is 5.56 Å². The van der Waals surface area contributed by atoms with Crippen LogP contribution >= 0.6 is 0 Å². The Bertz CT molecular complexity index is 494. The Morgan fingerprint density at radius 1 is 1.29 bits per heavy atom. The molecule has 0 aromatic heterocycles. The molecule has 0 aliphatic carbocycles. The van der Waals surface area contributed by atoms with E-state index in [1.54, 1.807) is 30.3 Å². The first-order chi connectivity index (χ1) is 6.83. The summed E-state index contributed by atoms with van der Waals surface area (Å²) in [4.78, 5) is 3.02. The fourth-order valence-corrected chi connectivity index (χ4v) is 1.02. The second kappa shape index (κ2) is 4.40. The monoisotopic (exact) mass is 181 g/mol. The van der Waals surface area contributed by atoms with Crippen LogP contribution < -0.4 is 0 Å². The molecule has 0 saturated carbocycles. The fraction of sp³-hybridized carbons (Fsp3) is 0. The number of nitrogens with zero attached hydrogens (tertiary/aromatic N) is 4. The van der Waals surface area contributed by atoms with E-state index < -0.39 is 0 Å². The van der Waals surface area contributed by atoms with Gasteiger partial charge in [-0.2, -0.15) is 10.5 Å². The van der Waals surface area contributed by atoms with Crippen molar-refractivity contribution in [3.05, 3.63) is 40.9 Å². The maximum absolute atomic E-state index is 8.74. The molecule has 1 rings (SSSR count). The van der Waals surface area contributed by atoms with Crippen LogP contribution in [0, 0.1) is 28.1 Å². The summed E-state index contributed by atoms with van der Waals surface area (Å²) in [6, 6.07) is 10.2. The Morgan fingerprint density at radius 2 is 2.00 bits per heavy atom. The summed E-state index contributed by atoms with van der Waals surface area (Å²) in [7, 11) is 0. The van der Waals surface area contributed by atoms with Crippen LogP contribution in [-0.4, -0.2) is 0 Å². The third-order valence-corrected chi connectivity index (χ3v) is 1.63. The zero-order valence-electron chi connectivity index (χ0n) is 7.18. The highest BCUT2D eigenvalue weighted by atomic mass is 14.8. The summed E-state index contributed by atoms with van der Waals surface area (Å²) in [6.45, 7) is 0. The maximum atomic E-state index is 8.74. The molecule has 0 atom stereocenters. The second-order valence-electron chi connectivity index (χ2n) is 2.42. The molecule has 0 spiro atoms. The summed E-state index contributed by atoms with van der Waals surface area (Å²) < 4.78 is 0. The number of allylic oxidation sites excluding steroid dienone is 2. The van der Waals surface area contributed by atoms with E-state index in [4.69, 9.17) is 15.9 Å². The first kappa shape index (κ1) is 9.45. The number of diazo groups is 1. The quantitative estimate of drug-likeness (QED) is 0.493. The van der Waals surface area contributed by atoms with Gasteiger partial charge < -0.3 is 0 Å². The lowest BCUT2D eigenvalue weighted by molar-refractivity contribution is 1.45. The Kier molecular flexibility index (Phi) is 2.97. The van der Waals surface area contributed by atoms with E-state index in [-0.39, 0.29) is 11.3 Å². The number of nitriles is 2. The van der Waals surface area contributed by atoms with Crippen LogP contribution in [0.2, 0.25) is 0 Å². The zero-order valence-corrected chi connectivity index (χ0v) is 7.18. The van der Waals surface area contributed by atoms with Gasteiger partial charge in [-0.05, 0) is 6.07 Å². The van der Waals surface area contributed by atoms with E-state index in [2.05, 4.69) is 4.98 Å². The lowest BCUT2D eigenvalue weighted by Gasteiger charge is -1.91. The third-order valence-electron chi connectivity index (χ3n) is 1.63. The van der Waals surface area contributed by atoms with E-state index in [1.165, 1.54) is 0 Å². The normalized spacial score (nSPS) is 9.64. The number of hydrogen-bond acceptors (Lipinski definition) is 3. The van der Waals surface area contributed by atoms with Crippen molar-refractivity contribution in [3.63, 3.8) is 0 Å². The highest BCUT2D eigenvalue weighted by molar-refractivity contribution is 5.85. The average Bonchev–Trinajstić information content (AvgIpc) is 2.26. The smallest absolute Gasteiger partial charge is 0.193 e. The van der Waals surface area contributed by atoms with E-state index >= 15 is 0 Å². The van der Waals surface area contributed by atoms with Crippen molar-refractivity contribution < 1.29 is 0 Å². The number of benzene rings is 1. The summed E-state index contributed by atoms with van der Waals surface area (Å²) in [5.41, 5.74) is 0.899. The molecule has 4 heteroatoms. The van der Waals surface area contributed by atoms with Gasteiger partial charge in [0.25, 0.3) is 0 Å². The second-order valence-corrected chi connectivity index (χ2v) is 2.42. The zero-order chi connectivity index (χ0) is 10.4. The van der Waals surface area contributed by atoms with Crippen LogP contribution in [-0.2, 0) is 0 Å². The van der Waals surface area contributed by atoms with Crippen molar-refractivity contribution in [1.29, 1.82) is 15.9 Å². The third kappa shape index (κ3) is 1.75. The molecule has 0 amide bonds. The Morgan fingerprint density at radius 3 is 2.57 bits per heavy atom. The average molecular weight is 181 g/mol. The Hall–Kier alpha value is -2.64. The summed E-state index contributed by atoms with van der Waals surface area (Å²) >= 11 is 0. The molecule has 0 N–H and O–H groups in total. The highest BCUT2D eigenvalue weighted by Crippen LogP contribution is 2.25. The molecule has 0 aliphatic heterocycles. The SMILES string of the molecule is N#CC=C(C#N)c1ccccc1[N+]#N. The van der Waals surface area contributed by atoms with E-state index in [0.29, 0.717) is 5.56 Å². The van der Waals surface area contributed by atoms with Crippen molar-refractivity contribution in [3.8, 4) is 12.1 Å². The molecule has 1 aromatic rings. The van der Waals surface area contributed by atoms with Gasteiger partial charge in [0, 0.05) is 12.1 Å². The Balaban J connectivity index is 3.35. The molecular weight excluding hydrogens is 176 g/mol. The number of rotatable bonds is 1. The topological polar surface area (TPSA) is 75.7 Å². The summed E-state index contributed by atoms with van der Waals surface area (Å²) in [5.74, 6) is 0. The molecule has 0 aliphatic rings. The Labute approximate surface area is 80.9 Å². The van der Waals surface area contributed by atoms with Crippen LogP contribution in [0.4, 0.5) is 5.69 Å². The number of hydrogen-bond donors (Lipinski definition) is 0. The molecule has 64 valence electrons. The van der Waals surface area contributed by atoms with Gasteiger partial charge in [0.15, 0.2) is 4.98 Å². The maximum Gasteiger partial charge on any atom is 0.393 e. The highest BCUT2D eigenvalue weighted by Gasteiger charge is 2.15. The molecule has 0 heterocycles. The molecular formula is C10H5N4+. The molecule has 0 saturated heterocycles. The van der Waals surface area contributed by atoms with Crippen molar-refractivity contribution in [1.82, 2.24) is 0 Å². The van der Waals surface area contributed by atoms with Crippen LogP contribution in [0.3, 0.4) is 0 Å². The first-order valence-electron chi connectivity index (χ1n) is 3.78. The predicted molar refractivity (Wildman–Crippen MR) is 50.4 cm³/mol. The summed E-state index contributed by atoms with van der Waals surface area (Å²) in [5, 5.41) is 25.8. The summed E-state index contributed by atoms with van der Waals surface area (Å²) in [6.07, 6.45) is 1.12. The van der Waals surface area contributed by atoms with Gasteiger partial charge in [0.2, 0.25) is 5.39 Å². The van der Waals surface area contributed by atoms with E-state index in [1.807, 2.05) is 6.07 Å². The molecule has 0 bridgehead atoms. The largest absolute Gasteiger partial charge is 0.393 e. The van der Waals surface area contributed by atoms with Gasteiger partial charge in [-0.3, -0.25) is 0 Å². The van der Waals surface area contributed by atoms with Crippen LogP contribution in [0.5, 0.6) is 0 Å². The van der Waals surface area contributed by atoms with Gasteiger partial charge >= 0.3 is 5.69 Å². The molecule has 4 nitrogen and oxygen atoms in total. The molecule has 0 fully saturated rings. The minimum atomic E-state index is 0.181. The lowest BCUT2D eigenvalue weighted by atomic mass is 10.1. The fourth-order valence-electron chi connectivity index (χ4n) is 1.02. The molecule has 0 unspecified atom stereocenters. The van der Waals surface area contributed by atoms with Crippen LogP contribution in [0.15, 0.2) is 30.3 Å². The van der Waals surface area contributed by atoms with Gasteiger partial charge in [0.1, 0.15) is 6.07 Å². The van der Waals surface area contributed by atoms with Crippen molar-refractivity contribution in [2.24, 2.45) is 0 Å². The molecule has 14 heavy (non-hydrogen) atoms. The molecule has 1 aromatic carbocycles. The van der Waals surface area contributed by atoms with Gasteiger partial charge in [-0.15, -0.1) is 0 Å².